The molecule has 0 saturated carbocycles. The number of rotatable bonds is 4. The summed E-state index contributed by atoms with van der Waals surface area (Å²) in [6.45, 7) is 0.433. The van der Waals surface area contributed by atoms with E-state index in [9.17, 15) is 0 Å². The predicted octanol–water partition coefficient (Wildman–Crippen LogP) is 4.08. The third-order valence-corrected chi connectivity index (χ3v) is 4.26. The number of nitrogens with two attached hydrogens (primary N) is 1. The van der Waals surface area contributed by atoms with Crippen molar-refractivity contribution in [3.63, 3.8) is 0 Å². The van der Waals surface area contributed by atoms with Crippen LogP contribution in [0.15, 0.2) is 36.4 Å². The van der Waals surface area contributed by atoms with E-state index >= 15 is 0 Å². The molecule has 2 nitrogen and oxygen atoms in total. The molecule has 0 aliphatic heterocycles. The maximum atomic E-state index is 5.91. The van der Waals surface area contributed by atoms with Crippen LogP contribution in [-0.4, -0.2) is 6.54 Å². The van der Waals surface area contributed by atoms with Gasteiger partial charge in [-0.2, -0.15) is 0 Å². The molecule has 90 valence electrons. The van der Waals surface area contributed by atoms with Crippen LogP contribution in [0.1, 0.15) is 11.0 Å². The van der Waals surface area contributed by atoms with E-state index in [-0.39, 0.29) is 6.10 Å². The first-order valence-corrected chi connectivity index (χ1v) is 7.34. The lowest BCUT2D eigenvalue weighted by molar-refractivity contribution is 0.218. The fraction of sp³-hybridized carbons (Fsp3) is 0.167. The second-order valence-electron chi connectivity index (χ2n) is 3.44. The molecular formula is C12H11ClINOS. The van der Waals surface area contributed by atoms with Crippen molar-refractivity contribution in [2.75, 3.05) is 6.54 Å². The van der Waals surface area contributed by atoms with E-state index < -0.39 is 0 Å². The molecule has 0 bridgehead atoms. The van der Waals surface area contributed by atoms with Gasteiger partial charge in [-0.05, 0) is 59.0 Å². The highest BCUT2D eigenvalue weighted by Crippen LogP contribution is 2.29. The lowest BCUT2D eigenvalue weighted by Crippen LogP contribution is -2.17. The third kappa shape index (κ3) is 3.58. The maximum Gasteiger partial charge on any atom is 0.145 e. The van der Waals surface area contributed by atoms with Crippen molar-refractivity contribution in [1.29, 1.82) is 0 Å². The fourth-order valence-electron chi connectivity index (χ4n) is 1.40. The molecule has 5 heteroatoms. The fourth-order valence-corrected chi connectivity index (χ4v) is 2.86. The highest BCUT2D eigenvalue weighted by atomic mass is 127. The molecule has 0 fully saturated rings. The van der Waals surface area contributed by atoms with Crippen LogP contribution in [0.3, 0.4) is 0 Å². The van der Waals surface area contributed by atoms with Crippen LogP contribution in [0.4, 0.5) is 0 Å². The van der Waals surface area contributed by atoms with Crippen LogP contribution >= 0.6 is 45.5 Å². The van der Waals surface area contributed by atoms with E-state index in [4.69, 9.17) is 22.1 Å². The molecule has 1 aromatic heterocycles. The SMILES string of the molecule is NCC(Oc1ccc(I)cc1)c1ccc(Cl)s1. The Labute approximate surface area is 123 Å². The summed E-state index contributed by atoms with van der Waals surface area (Å²) in [5.74, 6) is 0.824. The summed E-state index contributed by atoms with van der Waals surface area (Å²) in [4.78, 5) is 1.05. The van der Waals surface area contributed by atoms with Gasteiger partial charge < -0.3 is 10.5 Å². The van der Waals surface area contributed by atoms with Crippen LogP contribution in [0.25, 0.3) is 0 Å². The highest BCUT2D eigenvalue weighted by molar-refractivity contribution is 14.1. The first-order valence-electron chi connectivity index (χ1n) is 5.06. The molecule has 0 radical (unpaired) electrons. The topological polar surface area (TPSA) is 35.2 Å². The largest absolute Gasteiger partial charge is 0.484 e. The number of benzene rings is 1. The Kier molecular flexibility index (Phi) is 4.67. The Morgan fingerprint density at radius 2 is 1.94 bits per heavy atom. The Morgan fingerprint density at radius 3 is 2.47 bits per heavy atom. The Hall–Kier alpha value is -0.300. The van der Waals surface area contributed by atoms with Gasteiger partial charge in [-0.1, -0.05) is 11.6 Å². The minimum atomic E-state index is -0.132. The van der Waals surface area contributed by atoms with Gasteiger partial charge >= 0.3 is 0 Å². The summed E-state index contributed by atoms with van der Waals surface area (Å²) in [5.41, 5.74) is 5.73. The summed E-state index contributed by atoms with van der Waals surface area (Å²) in [7, 11) is 0. The molecule has 1 atom stereocenters. The molecule has 2 rings (SSSR count). The van der Waals surface area contributed by atoms with E-state index in [0.717, 1.165) is 15.0 Å². The van der Waals surface area contributed by atoms with Gasteiger partial charge in [0.1, 0.15) is 11.9 Å². The van der Waals surface area contributed by atoms with E-state index in [1.54, 1.807) is 0 Å². The zero-order valence-corrected chi connectivity index (χ0v) is 12.6. The van der Waals surface area contributed by atoms with Crippen molar-refractivity contribution < 1.29 is 4.74 Å². The molecule has 0 aliphatic carbocycles. The van der Waals surface area contributed by atoms with Gasteiger partial charge in [-0.25, -0.2) is 0 Å². The molecule has 2 N–H and O–H groups in total. The summed E-state index contributed by atoms with van der Waals surface area (Å²) in [5, 5.41) is 0. The van der Waals surface area contributed by atoms with Crippen molar-refractivity contribution in [2.24, 2.45) is 5.73 Å². The Morgan fingerprint density at radius 1 is 1.24 bits per heavy atom. The van der Waals surface area contributed by atoms with Crippen molar-refractivity contribution in [2.45, 2.75) is 6.10 Å². The second kappa shape index (κ2) is 6.04. The molecule has 0 aliphatic rings. The normalized spacial score (nSPS) is 12.4. The van der Waals surface area contributed by atoms with Gasteiger partial charge in [0.15, 0.2) is 0 Å². The monoisotopic (exact) mass is 379 g/mol. The zero-order valence-electron chi connectivity index (χ0n) is 8.90. The van der Waals surface area contributed by atoms with E-state index in [0.29, 0.717) is 6.54 Å². The molecule has 2 aromatic rings. The summed E-state index contributed by atoms with van der Waals surface area (Å²) in [6, 6.07) is 11.7. The van der Waals surface area contributed by atoms with Gasteiger partial charge in [0.05, 0.1) is 4.34 Å². The van der Waals surface area contributed by atoms with Crippen molar-refractivity contribution >= 4 is 45.5 Å². The van der Waals surface area contributed by atoms with Gasteiger partial charge in [-0.15, -0.1) is 11.3 Å². The highest BCUT2D eigenvalue weighted by Gasteiger charge is 2.13. The van der Waals surface area contributed by atoms with Crippen LogP contribution in [-0.2, 0) is 0 Å². The van der Waals surface area contributed by atoms with Gasteiger partial charge in [0.25, 0.3) is 0 Å². The smallest absolute Gasteiger partial charge is 0.145 e. The first kappa shape index (κ1) is 13.1. The van der Waals surface area contributed by atoms with Crippen molar-refractivity contribution in [3.05, 3.63) is 49.2 Å². The van der Waals surface area contributed by atoms with Crippen LogP contribution in [0.5, 0.6) is 5.75 Å². The van der Waals surface area contributed by atoms with Crippen LogP contribution in [0, 0.1) is 3.57 Å². The minimum Gasteiger partial charge on any atom is -0.484 e. The second-order valence-corrected chi connectivity index (χ2v) is 6.43. The van der Waals surface area contributed by atoms with Gasteiger partial charge in [0.2, 0.25) is 0 Å². The zero-order chi connectivity index (χ0) is 12.3. The quantitative estimate of drug-likeness (QED) is 0.812. The lowest BCUT2D eigenvalue weighted by Gasteiger charge is -2.15. The molecule has 17 heavy (non-hydrogen) atoms. The van der Waals surface area contributed by atoms with E-state index in [1.807, 2.05) is 36.4 Å². The van der Waals surface area contributed by atoms with Crippen LogP contribution in [0.2, 0.25) is 4.34 Å². The van der Waals surface area contributed by atoms with Crippen LogP contribution < -0.4 is 10.5 Å². The van der Waals surface area contributed by atoms with Gasteiger partial charge in [0, 0.05) is 15.0 Å². The standard InChI is InChI=1S/C12H11ClINOS/c13-12-6-5-11(17-12)10(7-15)16-9-3-1-8(14)2-4-9/h1-6,10H,7,15H2. The molecule has 0 spiro atoms. The summed E-state index contributed by atoms with van der Waals surface area (Å²) < 4.78 is 7.77. The summed E-state index contributed by atoms with van der Waals surface area (Å²) in [6.07, 6.45) is -0.132. The average molecular weight is 380 g/mol. The average Bonchev–Trinajstić information content (AvgIpc) is 2.75. The molecule has 1 unspecified atom stereocenters. The van der Waals surface area contributed by atoms with Crippen molar-refractivity contribution in [3.8, 4) is 5.75 Å². The number of halogens is 2. The number of ether oxygens (including phenoxy) is 1. The van der Waals surface area contributed by atoms with E-state index in [1.165, 1.54) is 14.9 Å². The van der Waals surface area contributed by atoms with Crippen molar-refractivity contribution in [1.82, 2.24) is 0 Å². The number of hydrogen-bond acceptors (Lipinski definition) is 3. The minimum absolute atomic E-state index is 0.132. The maximum absolute atomic E-state index is 5.91. The third-order valence-electron chi connectivity index (χ3n) is 2.22. The molecule has 0 saturated heterocycles. The molecular weight excluding hydrogens is 369 g/mol. The number of thiophene rings is 1. The first-order chi connectivity index (χ1) is 8.19. The summed E-state index contributed by atoms with van der Waals surface area (Å²) >= 11 is 9.67. The predicted molar refractivity (Wildman–Crippen MR) is 80.9 cm³/mol. The number of hydrogen-bond donors (Lipinski definition) is 1. The van der Waals surface area contributed by atoms with E-state index in [2.05, 4.69) is 22.6 Å². The molecule has 1 heterocycles. The Bertz CT molecular complexity index is 486. The lowest BCUT2D eigenvalue weighted by atomic mass is 10.3. The molecule has 1 aromatic carbocycles. The molecule has 0 amide bonds. The van der Waals surface area contributed by atoms with Gasteiger partial charge in [-0.3, -0.25) is 0 Å². The Balaban J connectivity index is 2.12.